The Morgan fingerprint density at radius 2 is 2.00 bits per heavy atom. The molecule has 0 spiro atoms. The Morgan fingerprint density at radius 3 is 2.44 bits per heavy atom. The first-order valence-corrected chi connectivity index (χ1v) is 4.85. The lowest BCUT2D eigenvalue weighted by atomic mass is 10.2. The maximum Gasteiger partial charge on any atom is 0.329 e. The normalized spacial score (nSPS) is 11.4. The van der Waals surface area contributed by atoms with E-state index in [1.54, 1.807) is 0 Å². The molecule has 1 unspecified atom stereocenters. The van der Waals surface area contributed by atoms with Gasteiger partial charge in [-0.15, -0.1) is 0 Å². The zero-order chi connectivity index (χ0) is 12.6. The minimum Gasteiger partial charge on any atom is -0.454 e. The van der Waals surface area contributed by atoms with Crippen LogP contribution in [0.15, 0.2) is 0 Å². The minimum atomic E-state index is -0.799. The van der Waals surface area contributed by atoms with Crippen LogP contribution in [0.25, 0.3) is 0 Å². The maximum atomic E-state index is 11.4. The lowest BCUT2D eigenvalue weighted by molar-refractivity contribution is -0.151. The molecule has 0 heterocycles. The Bertz CT molecular complexity index is 267. The fourth-order valence-corrected chi connectivity index (χ4v) is 0.970. The molecule has 0 radical (unpaired) electrons. The van der Waals surface area contributed by atoms with E-state index in [0.717, 1.165) is 0 Å². The van der Waals surface area contributed by atoms with E-state index in [9.17, 15) is 14.4 Å². The van der Waals surface area contributed by atoms with Gasteiger partial charge in [-0.3, -0.25) is 9.59 Å². The summed E-state index contributed by atoms with van der Waals surface area (Å²) in [4.78, 5) is 33.0. The third kappa shape index (κ3) is 5.97. The molecule has 0 aliphatic rings. The van der Waals surface area contributed by atoms with Crippen LogP contribution in [-0.2, 0) is 19.1 Å². The first kappa shape index (κ1) is 14.4. The summed E-state index contributed by atoms with van der Waals surface area (Å²) < 4.78 is 4.69. The second-order valence-electron chi connectivity index (χ2n) is 3.11. The van der Waals surface area contributed by atoms with Crippen LogP contribution in [0.4, 0.5) is 0 Å². The lowest BCUT2D eigenvalue weighted by Crippen LogP contribution is -2.43. The van der Waals surface area contributed by atoms with Crippen molar-refractivity contribution in [2.45, 2.75) is 19.4 Å². The number of likely N-dealkylation sites (N-methyl/N-ethyl adjacent to an activating group) is 1. The number of ether oxygens (including phenoxy) is 1. The standard InChI is InChI=1S/C9H17N3O4/c1-6(13)12-7(3-4-10)9(15)16-5-8(14)11-2/h7H,3-5,10H2,1-2H3,(H,11,14)(H,12,13). The summed E-state index contributed by atoms with van der Waals surface area (Å²) in [7, 11) is 1.43. The molecule has 0 aromatic heterocycles. The maximum absolute atomic E-state index is 11.4. The van der Waals surface area contributed by atoms with Gasteiger partial charge >= 0.3 is 5.97 Å². The lowest BCUT2D eigenvalue weighted by Gasteiger charge is -2.15. The molecule has 0 saturated carbocycles. The van der Waals surface area contributed by atoms with Crippen molar-refractivity contribution in [3.8, 4) is 0 Å². The Morgan fingerprint density at radius 1 is 1.38 bits per heavy atom. The first-order chi connectivity index (χ1) is 7.51. The third-order valence-electron chi connectivity index (χ3n) is 1.74. The topological polar surface area (TPSA) is 111 Å². The summed E-state index contributed by atoms with van der Waals surface area (Å²) in [6.45, 7) is 1.16. The van der Waals surface area contributed by atoms with Crippen molar-refractivity contribution in [3.63, 3.8) is 0 Å². The van der Waals surface area contributed by atoms with E-state index in [0.29, 0.717) is 0 Å². The van der Waals surface area contributed by atoms with E-state index < -0.39 is 17.9 Å². The zero-order valence-corrected chi connectivity index (χ0v) is 9.41. The number of rotatable bonds is 6. The van der Waals surface area contributed by atoms with Gasteiger partial charge in [0.1, 0.15) is 6.04 Å². The average Bonchev–Trinajstić information content (AvgIpc) is 2.24. The van der Waals surface area contributed by atoms with Crippen LogP contribution in [0, 0.1) is 0 Å². The van der Waals surface area contributed by atoms with Crippen LogP contribution in [0.2, 0.25) is 0 Å². The van der Waals surface area contributed by atoms with Crippen LogP contribution in [-0.4, -0.2) is 44.0 Å². The van der Waals surface area contributed by atoms with Gasteiger partial charge in [-0.1, -0.05) is 0 Å². The molecule has 16 heavy (non-hydrogen) atoms. The van der Waals surface area contributed by atoms with Gasteiger partial charge in [0.05, 0.1) is 0 Å². The van der Waals surface area contributed by atoms with E-state index in [-0.39, 0.29) is 25.5 Å². The number of nitrogens with one attached hydrogen (secondary N) is 2. The number of nitrogens with two attached hydrogens (primary N) is 1. The van der Waals surface area contributed by atoms with Gasteiger partial charge in [0.2, 0.25) is 5.91 Å². The molecule has 0 rings (SSSR count). The van der Waals surface area contributed by atoms with Crippen molar-refractivity contribution >= 4 is 17.8 Å². The molecule has 0 aliphatic carbocycles. The molecule has 2 amide bonds. The van der Waals surface area contributed by atoms with E-state index in [1.165, 1.54) is 14.0 Å². The summed E-state index contributed by atoms with van der Waals surface area (Å²) >= 11 is 0. The molecule has 0 saturated heterocycles. The number of hydrogen-bond donors (Lipinski definition) is 3. The molecule has 0 bridgehead atoms. The molecule has 92 valence electrons. The molecule has 4 N–H and O–H groups in total. The molecule has 1 atom stereocenters. The van der Waals surface area contributed by atoms with Gasteiger partial charge in [0.15, 0.2) is 6.61 Å². The largest absolute Gasteiger partial charge is 0.454 e. The first-order valence-electron chi connectivity index (χ1n) is 4.85. The van der Waals surface area contributed by atoms with E-state index in [2.05, 4.69) is 15.4 Å². The monoisotopic (exact) mass is 231 g/mol. The highest BCUT2D eigenvalue weighted by Crippen LogP contribution is 1.94. The Labute approximate surface area is 93.7 Å². The molecule has 0 aliphatic heterocycles. The smallest absolute Gasteiger partial charge is 0.329 e. The highest BCUT2D eigenvalue weighted by atomic mass is 16.5. The molecular formula is C9H17N3O4. The SMILES string of the molecule is CNC(=O)COC(=O)C(CCN)NC(C)=O. The molecule has 0 aromatic rings. The highest BCUT2D eigenvalue weighted by molar-refractivity contribution is 5.85. The Hall–Kier alpha value is -1.63. The number of amides is 2. The van der Waals surface area contributed by atoms with Gasteiger partial charge in [0.25, 0.3) is 5.91 Å². The van der Waals surface area contributed by atoms with Gasteiger partial charge in [0, 0.05) is 14.0 Å². The number of carbonyl (C=O) groups is 3. The Balaban J connectivity index is 4.16. The Kier molecular flexibility index (Phi) is 6.86. The van der Waals surface area contributed by atoms with Crippen molar-refractivity contribution in [1.29, 1.82) is 0 Å². The van der Waals surface area contributed by atoms with Crippen LogP contribution in [0.3, 0.4) is 0 Å². The minimum absolute atomic E-state index is 0.236. The molecule has 7 heteroatoms. The average molecular weight is 231 g/mol. The van der Waals surface area contributed by atoms with Gasteiger partial charge < -0.3 is 21.1 Å². The van der Waals surface area contributed by atoms with Crippen molar-refractivity contribution in [2.75, 3.05) is 20.2 Å². The summed E-state index contributed by atoms with van der Waals surface area (Å²) in [6, 6.07) is -0.799. The second kappa shape index (κ2) is 7.63. The molecule has 0 aromatic carbocycles. The number of esters is 1. The van der Waals surface area contributed by atoms with Crippen LogP contribution in [0.5, 0.6) is 0 Å². The van der Waals surface area contributed by atoms with Gasteiger partial charge in [-0.05, 0) is 13.0 Å². The summed E-state index contributed by atoms with van der Waals surface area (Å²) in [6.07, 6.45) is 0.270. The number of carbonyl (C=O) groups excluding carboxylic acids is 3. The number of hydrogen-bond acceptors (Lipinski definition) is 5. The van der Waals surface area contributed by atoms with Crippen LogP contribution < -0.4 is 16.4 Å². The van der Waals surface area contributed by atoms with E-state index in [1.807, 2.05) is 0 Å². The fourth-order valence-electron chi connectivity index (χ4n) is 0.970. The van der Waals surface area contributed by atoms with E-state index in [4.69, 9.17) is 5.73 Å². The molecule has 0 fully saturated rings. The van der Waals surface area contributed by atoms with Crippen molar-refractivity contribution in [2.24, 2.45) is 5.73 Å². The summed E-state index contributed by atoms with van der Waals surface area (Å²) in [5.74, 6) is -1.43. The zero-order valence-electron chi connectivity index (χ0n) is 9.41. The third-order valence-corrected chi connectivity index (χ3v) is 1.74. The predicted octanol–water partition coefficient (Wildman–Crippen LogP) is -1.87. The molecular weight excluding hydrogens is 214 g/mol. The van der Waals surface area contributed by atoms with Gasteiger partial charge in [-0.25, -0.2) is 4.79 Å². The summed E-state index contributed by atoms with van der Waals surface area (Å²) in [5.41, 5.74) is 5.29. The van der Waals surface area contributed by atoms with Crippen molar-refractivity contribution in [1.82, 2.24) is 10.6 Å². The quantitative estimate of drug-likeness (QED) is 0.464. The predicted molar refractivity (Wildman–Crippen MR) is 56.3 cm³/mol. The second-order valence-corrected chi connectivity index (χ2v) is 3.11. The van der Waals surface area contributed by atoms with Crippen LogP contribution in [0.1, 0.15) is 13.3 Å². The van der Waals surface area contributed by atoms with E-state index >= 15 is 0 Å². The molecule has 7 nitrogen and oxygen atoms in total. The van der Waals surface area contributed by atoms with Gasteiger partial charge in [-0.2, -0.15) is 0 Å². The fraction of sp³-hybridized carbons (Fsp3) is 0.667. The highest BCUT2D eigenvalue weighted by Gasteiger charge is 2.20. The van der Waals surface area contributed by atoms with Crippen molar-refractivity contribution in [3.05, 3.63) is 0 Å². The van der Waals surface area contributed by atoms with Crippen molar-refractivity contribution < 1.29 is 19.1 Å². The summed E-state index contributed by atoms with van der Waals surface area (Å²) in [5, 5.41) is 4.70. The van der Waals surface area contributed by atoms with Crippen LogP contribution >= 0.6 is 0 Å².